The van der Waals surface area contributed by atoms with Crippen molar-refractivity contribution in [3.05, 3.63) is 24.2 Å². The predicted octanol–water partition coefficient (Wildman–Crippen LogP) is 1.86. The van der Waals surface area contributed by atoms with Crippen molar-refractivity contribution in [3.63, 3.8) is 0 Å². The second-order valence-corrected chi connectivity index (χ2v) is 3.76. The molecule has 1 atom stereocenters. The zero-order valence-electron chi connectivity index (χ0n) is 9.14. The molecule has 0 radical (unpaired) electrons. The van der Waals surface area contributed by atoms with Crippen LogP contribution in [0.3, 0.4) is 0 Å². The molecule has 1 unspecified atom stereocenters. The summed E-state index contributed by atoms with van der Waals surface area (Å²) in [6, 6.07) is 3.82. The van der Waals surface area contributed by atoms with E-state index < -0.39 is 0 Å². The van der Waals surface area contributed by atoms with E-state index in [1.165, 1.54) is 0 Å². The van der Waals surface area contributed by atoms with Crippen LogP contribution in [0.4, 0.5) is 0 Å². The largest absolute Gasteiger partial charge is 0.322 e. The van der Waals surface area contributed by atoms with E-state index in [1.54, 1.807) is 6.20 Å². The van der Waals surface area contributed by atoms with Crippen molar-refractivity contribution in [3.8, 4) is 0 Å². The van der Waals surface area contributed by atoms with Gasteiger partial charge in [0.25, 0.3) is 0 Å². The van der Waals surface area contributed by atoms with Gasteiger partial charge in [-0.15, -0.1) is 0 Å². The van der Waals surface area contributed by atoms with Crippen molar-refractivity contribution in [2.45, 2.75) is 32.9 Å². The first-order valence-electron chi connectivity index (χ1n) is 5.30. The van der Waals surface area contributed by atoms with Gasteiger partial charge >= 0.3 is 0 Å². The van der Waals surface area contributed by atoms with Gasteiger partial charge in [0.15, 0.2) is 5.65 Å². The van der Waals surface area contributed by atoms with Crippen molar-refractivity contribution in [1.29, 1.82) is 0 Å². The zero-order valence-corrected chi connectivity index (χ0v) is 9.14. The summed E-state index contributed by atoms with van der Waals surface area (Å²) in [5.41, 5.74) is 7.76. The number of hydrogen-bond donors (Lipinski definition) is 1. The van der Waals surface area contributed by atoms with Gasteiger partial charge in [0.2, 0.25) is 0 Å². The van der Waals surface area contributed by atoms with Gasteiger partial charge in [-0.3, -0.25) is 0 Å². The Hall–Kier alpha value is -1.42. The van der Waals surface area contributed by atoms with E-state index in [0.717, 1.165) is 30.0 Å². The Balaban J connectivity index is 2.63. The average molecular weight is 204 g/mol. The average Bonchev–Trinajstić information content (AvgIpc) is 2.58. The lowest BCUT2D eigenvalue weighted by Gasteiger charge is -2.08. The molecule has 0 fully saturated rings. The molecule has 0 amide bonds. The number of imidazole rings is 1. The quantitative estimate of drug-likeness (QED) is 0.830. The van der Waals surface area contributed by atoms with E-state index in [9.17, 15) is 0 Å². The molecular formula is C11H16N4. The Morgan fingerprint density at radius 2 is 2.33 bits per heavy atom. The molecule has 2 N–H and O–H groups in total. The molecule has 80 valence electrons. The van der Waals surface area contributed by atoms with Crippen LogP contribution in [0.5, 0.6) is 0 Å². The van der Waals surface area contributed by atoms with E-state index in [-0.39, 0.29) is 6.04 Å². The van der Waals surface area contributed by atoms with Gasteiger partial charge < -0.3 is 10.3 Å². The van der Waals surface area contributed by atoms with Gasteiger partial charge in [-0.25, -0.2) is 9.97 Å². The molecule has 4 heteroatoms. The van der Waals surface area contributed by atoms with E-state index in [0.29, 0.717) is 0 Å². The summed E-state index contributed by atoms with van der Waals surface area (Å²) in [4.78, 5) is 8.85. The number of hydrogen-bond acceptors (Lipinski definition) is 3. The van der Waals surface area contributed by atoms with Gasteiger partial charge in [0.1, 0.15) is 11.3 Å². The lowest BCUT2D eigenvalue weighted by molar-refractivity contribution is 0.609. The van der Waals surface area contributed by atoms with Gasteiger partial charge in [-0.05, 0) is 25.5 Å². The van der Waals surface area contributed by atoms with E-state index in [1.807, 2.05) is 19.1 Å². The lowest BCUT2D eigenvalue weighted by atomic mass is 10.3. The molecule has 15 heavy (non-hydrogen) atoms. The van der Waals surface area contributed by atoms with Gasteiger partial charge in [0, 0.05) is 12.7 Å². The van der Waals surface area contributed by atoms with Crippen LogP contribution in [0.2, 0.25) is 0 Å². The summed E-state index contributed by atoms with van der Waals surface area (Å²) in [7, 11) is 0. The van der Waals surface area contributed by atoms with Crippen molar-refractivity contribution < 1.29 is 0 Å². The Morgan fingerprint density at radius 3 is 3.00 bits per heavy atom. The highest BCUT2D eigenvalue weighted by Crippen LogP contribution is 2.17. The molecule has 0 saturated heterocycles. The molecule has 0 aromatic carbocycles. The normalized spacial score (nSPS) is 13.3. The number of aromatic nitrogens is 3. The molecule has 0 aliphatic carbocycles. The van der Waals surface area contributed by atoms with Crippen molar-refractivity contribution in [1.82, 2.24) is 14.5 Å². The summed E-state index contributed by atoms with van der Waals surface area (Å²) >= 11 is 0. The molecule has 0 spiro atoms. The van der Waals surface area contributed by atoms with Crippen molar-refractivity contribution >= 4 is 11.2 Å². The van der Waals surface area contributed by atoms with Crippen LogP contribution in [0.1, 0.15) is 32.1 Å². The Kier molecular flexibility index (Phi) is 2.68. The van der Waals surface area contributed by atoms with Crippen LogP contribution < -0.4 is 5.73 Å². The van der Waals surface area contributed by atoms with Crippen LogP contribution in [0.25, 0.3) is 11.2 Å². The highest BCUT2D eigenvalue weighted by atomic mass is 15.1. The molecule has 0 aliphatic rings. The fraction of sp³-hybridized carbons (Fsp3) is 0.455. The second-order valence-electron chi connectivity index (χ2n) is 3.76. The molecule has 2 heterocycles. The first kappa shape index (κ1) is 10.1. The van der Waals surface area contributed by atoms with Crippen LogP contribution in [0, 0.1) is 0 Å². The third-order valence-electron chi connectivity index (χ3n) is 2.39. The number of fused-ring (bicyclic) bond motifs is 1. The molecule has 2 aromatic heterocycles. The monoisotopic (exact) mass is 204 g/mol. The van der Waals surface area contributed by atoms with E-state index in [2.05, 4.69) is 21.5 Å². The Labute approximate surface area is 89.1 Å². The summed E-state index contributed by atoms with van der Waals surface area (Å²) in [5, 5.41) is 0. The molecule has 0 bridgehead atoms. The number of rotatable bonds is 3. The van der Waals surface area contributed by atoms with E-state index >= 15 is 0 Å². The third-order valence-corrected chi connectivity index (χ3v) is 2.39. The minimum Gasteiger partial charge on any atom is -0.322 e. The minimum atomic E-state index is -0.0502. The third kappa shape index (κ3) is 1.72. The topological polar surface area (TPSA) is 56.7 Å². The first-order valence-corrected chi connectivity index (χ1v) is 5.30. The standard InChI is InChI=1S/C11H16N4/c1-3-7-15-10(8(2)12)14-9-5-4-6-13-11(9)15/h4-6,8H,3,7,12H2,1-2H3. The summed E-state index contributed by atoms with van der Waals surface area (Å²) in [6.45, 7) is 5.01. The van der Waals surface area contributed by atoms with Crippen molar-refractivity contribution in [2.75, 3.05) is 0 Å². The Morgan fingerprint density at radius 1 is 1.53 bits per heavy atom. The van der Waals surface area contributed by atoms with Crippen LogP contribution in [-0.4, -0.2) is 14.5 Å². The smallest absolute Gasteiger partial charge is 0.160 e. The highest BCUT2D eigenvalue weighted by Gasteiger charge is 2.13. The van der Waals surface area contributed by atoms with Crippen LogP contribution >= 0.6 is 0 Å². The SMILES string of the molecule is CCCn1c(C(C)N)nc2cccnc21. The minimum absolute atomic E-state index is 0.0502. The van der Waals surface area contributed by atoms with Crippen LogP contribution in [0.15, 0.2) is 18.3 Å². The molecule has 2 rings (SSSR count). The molecule has 2 aromatic rings. The van der Waals surface area contributed by atoms with Gasteiger partial charge in [0.05, 0.1) is 6.04 Å². The maximum atomic E-state index is 5.90. The Bertz CT molecular complexity index is 459. The number of nitrogens with two attached hydrogens (primary N) is 1. The van der Waals surface area contributed by atoms with Gasteiger partial charge in [-0.2, -0.15) is 0 Å². The zero-order chi connectivity index (χ0) is 10.8. The maximum absolute atomic E-state index is 5.90. The number of aryl methyl sites for hydroxylation is 1. The summed E-state index contributed by atoms with van der Waals surface area (Å²) in [6.07, 6.45) is 2.85. The predicted molar refractivity (Wildman–Crippen MR) is 60.4 cm³/mol. The second kappa shape index (κ2) is 3.98. The van der Waals surface area contributed by atoms with E-state index in [4.69, 9.17) is 5.73 Å². The number of pyridine rings is 1. The first-order chi connectivity index (χ1) is 7.24. The van der Waals surface area contributed by atoms with Crippen LogP contribution in [-0.2, 0) is 6.54 Å². The highest BCUT2D eigenvalue weighted by molar-refractivity contribution is 5.71. The lowest BCUT2D eigenvalue weighted by Crippen LogP contribution is -2.13. The number of nitrogens with zero attached hydrogens (tertiary/aromatic N) is 3. The molecule has 0 saturated carbocycles. The van der Waals surface area contributed by atoms with Crippen molar-refractivity contribution in [2.24, 2.45) is 5.73 Å². The summed E-state index contributed by atoms with van der Waals surface area (Å²) < 4.78 is 2.11. The molecule has 4 nitrogen and oxygen atoms in total. The molecule has 0 aliphatic heterocycles. The van der Waals surface area contributed by atoms with Gasteiger partial charge in [-0.1, -0.05) is 6.92 Å². The molecular weight excluding hydrogens is 188 g/mol. The fourth-order valence-corrected chi connectivity index (χ4v) is 1.77. The summed E-state index contributed by atoms with van der Waals surface area (Å²) in [5.74, 6) is 0.922. The fourth-order valence-electron chi connectivity index (χ4n) is 1.77. The maximum Gasteiger partial charge on any atom is 0.160 e.